The minimum atomic E-state index is -4.40. The van der Waals surface area contributed by atoms with Crippen molar-refractivity contribution in [3.05, 3.63) is 97.2 Å². The van der Waals surface area contributed by atoms with Gasteiger partial charge in [0, 0.05) is 19.4 Å². The number of ether oxygens (including phenoxy) is 2. The van der Waals surface area contributed by atoms with Gasteiger partial charge in [-0.1, -0.05) is 137 Å². The summed E-state index contributed by atoms with van der Waals surface area (Å²) < 4.78 is 32.6. The van der Waals surface area contributed by atoms with Crippen molar-refractivity contribution in [2.45, 2.75) is 148 Å². The van der Waals surface area contributed by atoms with Gasteiger partial charge in [-0.05, 0) is 89.9 Å². The highest BCUT2D eigenvalue weighted by Gasteiger charge is 2.25. The van der Waals surface area contributed by atoms with Crippen molar-refractivity contribution in [3.63, 3.8) is 0 Å². The van der Waals surface area contributed by atoms with Crippen LogP contribution < -0.4 is 5.73 Å². The molecule has 0 heterocycles. The molecule has 1 unspecified atom stereocenters. The predicted octanol–water partition coefficient (Wildman–Crippen LogP) is 11.8. The lowest BCUT2D eigenvalue weighted by Gasteiger charge is -2.19. The number of phosphoric ester groups is 1. The molecule has 3 N–H and O–H groups in total. The second-order valence-electron chi connectivity index (χ2n) is 13.1. The van der Waals surface area contributed by atoms with E-state index in [-0.39, 0.29) is 32.6 Å². The Morgan fingerprint density at radius 2 is 1.02 bits per heavy atom. The number of hydrogen-bond acceptors (Lipinski definition) is 8. The summed E-state index contributed by atoms with van der Waals surface area (Å²) in [6.07, 6.45) is 51.6. The first-order valence-corrected chi connectivity index (χ1v) is 22.2. The molecule has 0 radical (unpaired) electrons. The van der Waals surface area contributed by atoms with E-state index in [1.165, 1.54) is 19.3 Å². The highest BCUT2D eigenvalue weighted by Crippen LogP contribution is 2.43. The molecule has 0 aromatic rings. The molecule has 0 saturated heterocycles. The number of carbonyl (C=O) groups is 2. The SMILES string of the molecule is CCC=CCC=CCC=CCC=CCCCCCCC(=O)OC[C@H](COP(=O)(O)OCCN)OC(=O)CCCC=CCC=CCC=CCC=CCCCCC. The standard InChI is InChI=1S/C45H74NO8P/c1-3-5-7-9-11-13-15-17-19-21-23-25-27-29-31-33-35-37-44(47)51-41-43(42-53-55(49,50)52-40-39-46)54-45(48)38-36-34-32-30-28-26-24-22-20-18-16-14-12-10-8-6-4-2/h5,7,11-14,17-20,23-26,30,32,43H,3-4,6,8-10,15-16,21-22,27-29,31,33-42,46H2,1-2H3,(H,49,50)/t43-/m1/s1. The Hall–Kier alpha value is -3.07. The van der Waals surface area contributed by atoms with E-state index in [0.717, 1.165) is 77.0 Å². The number of carbonyl (C=O) groups excluding carboxylic acids is 2. The maximum atomic E-state index is 12.5. The van der Waals surface area contributed by atoms with Crippen molar-refractivity contribution in [2.75, 3.05) is 26.4 Å². The average Bonchev–Trinajstić information content (AvgIpc) is 3.17. The quantitative estimate of drug-likeness (QED) is 0.0273. The van der Waals surface area contributed by atoms with Crippen LogP contribution >= 0.6 is 7.82 Å². The van der Waals surface area contributed by atoms with Gasteiger partial charge in [-0.2, -0.15) is 0 Å². The largest absolute Gasteiger partial charge is 0.472 e. The van der Waals surface area contributed by atoms with Gasteiger partial charge in [0.1, 0.15) is 6.61 Å². The van der Waals surface area contributed by atoms with E-state index in [9.17, 15) is 19.0 Å². The van der Waals surface area contributed by atoms with E-state index < -0.39 is 32.5 Å². The summed E-state index contributed by atoms with van der Waals surface area (Å²) in [6, 6.07) is 0. The second kappa shape index (κ2) is 40.6. The Morgan fingerprint density at radius 1 is 0.564 bits per heavy atom. The lowest BCUT2D eigenvalue weighted by molar-refractivity contribution is -0.161. The van der Waals surface area contributed by atoms with Crippen LogP contribution in [0, 0.1) is 0 Å². The fourth-order valence-electron chi connectivity index (χ4n) is 4.91. The number of nitrogens with two attached hydrogens (primary N) is 1. The number of unbranched alkanes of at least 4 members (excludes halogenated alkanes) is 8. The van der Waals surface area contributed by atoms with Gasteiger partial charge in [0.25, 0.3) is 0 Å². The summed E-state index contributed by atoms with van der Waals surface area (Å²) >= 11 is 0. The topological polar surface area (TPSA) is 134 Å². The molecule has 0 aromatic carbocycles. The predicted molar refractivity (Wildman–Crippen MR) is 228 cm³/mol. The lowest BCUT2D eigenvalue weighted by atomic mass is 10.1. The molecule has 0 fully saturated rings. The minimum Gasteiger partial charge on any atom is -0.462 e. The first kappa shape index (κ1) is 51.9. The molecule has 0 aromatic heterocycles. The Kier molecular flexibility index (Phi) is 38.3. The van der Waals surface area contributed by atoms with Crippen LogP contribution in [0.25, 0.3) is 0 Å². The van der Waals surface area contributed by atoms with Crippen LogP contribution in [0.1, 0.15) is 142 Å². The summed E-state index contributed by atoms with van der Waals surface area (Å²) in [5, 5.41) is 0. The molecular formula is C45H74NO8P. The summed E-state index contributed by atoms with van der Waals surface area (Å²) in [5.74, 6) is -0.934. The molecular weight excluding hydrogens is 713 g/mol. The fraction of sp³-hybridized carbons (Fsp3) is 0.600. The van der Waals surface area contributed by atoms with Crippen LogP contribution in [-0.4, -0.2) is 49.3 Å². The number of rotatable bonds is 37. The second-order valence-corrected chi connectivity index (χ2v) is 14.6. The molecule has 0 amide bonds. The zero-order valence-corrected chi connectivity index (χ0v) is 35.0. The number of esters is 2. The summed E-state index contributed by atoms with van der Waals surface area (Å²) in [5.41, 5.74) is 5.34. The van der Waals surface area contributed by atoms with Gasteiger partial charge < -0.3 is 20.1 Å². The van der Waals surface area contributed by atoms with Crippen LogP contribution in [0.3, 0.4) is 0 Å². The lowest BCUT2D eigenvalue weighted by Crippen LogP contribution is -2.29. The maximum absolute atomic E-state index is 12.5. The van der Waals surface area contributed by atoms with Crippen molar-refractivity contribution in [1.29, 1.82) is 0 Å². The molecule has 9 nitrogen and oxygen atoms in total. The normalized spacial score (nSPS) is 14.3. The van der Waals surface area contributed by atoms with Crippen molar-refractivity contribution in [3.8, 4) is 0 Å². The Morgan fingerprint density at radius 3 is 1.53 bits per heavy atom. The van der Waals surface area contributed by atoms with Gasteiger partial charge in [-0.3, -0.25) is 18.6 Å². The first-order chi connectivity index (χ1) is 26.8. The third-order valence-electron chi connectivity index (χ3n) is 7.95. The molecule has 0 saturated carbocycles. The van der Waals surface area contributed by atoms with Gasteiger partial charge in [-0.25, -0.2) is 4.57 Å². The van der Waals surface area contributed by atoms with Gasteiger partial charge in [0.2, 0.25) is 0 Å². The fourth-order valence-corrected chi connectivity index (χ4v) is 5.67. The van der Waals surface area contributed by atoms with E-state index in [1.54, 1.807) is 0 Å². The maximum Gasteiger partial charge on any atom is 0.472 e. The third-order valence-corrected chi connectivity index (χ3v) is 8.94. The van der Waals surface area contributed by atoms with Crippen molar-refractivity contribution < 1.29 is 37.6 Å². The minimum absolute atomic E-state index is 0.0355. The van der Waals surface area contributed by atoms with Gasteiger partial charge in [0.05, 0.1) is 13.2 Å². The molecule has 0 spiro atoms. The van der Waals surface area contributed by atoms with Crippen molar-refractivity contribution >= 4 is 19.8 Å². The van der Waals surface area contributed by atoms with Gasteiger partial charge in [0.15, 0.2) is 6.10 Å². The molecule has 0 aliphatic rings. The highest BCUT2D eigenvalue weighted by molar-refractivity contribution is 7.47. The number of phosphoric acid groups is 1. The Labute approximate surface area is 334 Å². The zero-order valence-electron chi connectivity index (χ0n) is 34.1. The summed E-state index contributed by atoms with van der Waals surface area (Å²) in [7, 11) is -4.40. The van der Waals surface area contributed by atoms with Crippen LogP contribution in [0.2, 0.25) is 0 Å². The third kappa shape index (κ3) is 40.4. The van der Waals surface area contributed by atoms with E-state index in [1.807, 2.05) is 6.08 Å². The first-order valence-electron chi connectivity index (χ1n) is 20.7. The summed E-state index contributed by atoms with van der Waals surface area (Å²) in [4.78, 5) is 34.8. The Bertz CT molecular complexity index is 1220. The van der Waals surface area contributed by atoms with Crippen LogP contribution in [0.15, 0.2) is 97.2 Å². The number of hydrogen-bond donors (Lipinski definition) is 2. The number of allylic oxidation sites excluding steroid dienone is 16. The molecule has 0 bridgehead atoms. The smallest absolute Gasteiger partial charge is 0.462 e. The molecule has 0 aliphatic heterocycles. The van der Waals surface area contributed by atoms with Crippen molar-refractivity contribution in [1.82, 2.24) is 0 Å². The highest BCUT2D eigenvalue weighted by atomic mass is 31.2. The van der Waals surface area contributed by atoms with Crippen LogP contribution in [0.4, 0.5) is 0 Å². The monoisotopic (exact) mass is 788 g/mol. The van der Waals surface area contributed by atoms with E-state index in [4.69, 9.17) is 24.3 Å². The molecule has 2 atom stereocenters. The molecule has 0 aliphatic carbocycles. The summed E-state index contributed by atoms with van der Waals surface area (Å²) in [6.45, 7) is 3.46. The van der Waals surface area contributed by atoms with Crippen LogP contribution in [-0.2, 0) is 32.7 Å². The van der Waals surface area contributed by atoms with Gasteiger partial charge >= 0.3 is 19.8 Å². The molecule has 55 heavy (non-hydrogen) atoms. The molecule has 0 rings (SSSR count). The van der Waals surface area contributed by atoms with E-state index >= 15 is 0 Å². The van der Waals surface area contributed by atoms with Crippen LogP contribution in [0.5, 0.6) is 0 Å². The van der Waals surface area contributed by atoms with Gasteiger partial charge in [-0.15, -0.1) is 0 Å². The molecule has 312 valence electrons. The average molecular weight is 788 g/mol. The van der Waals surface area contributed by atoms with Crippen molar-refractivity contribution in [2.24, 2.45) is 5.73 Å². The Balaban J connectivity index is 4.35. The zero-order chi connectivity index (χ0) is 40.3. The van der Waals surface area contributed by atoms with E-state index in [0.29, 0.717) is 19.3 Å². The van der Waals surface area contributed by atoms with E-state index in [2.05, 4.69) is 105 Å². The molecule has 10 heteroatoms.